The number of likely N-dealkylation sites (tertiary alicyclic amines) is 1. The van der Waals surface area contributed by atoms with Gasteiger partial charge in [-0.2, -0.15) is 4.98 Å². The average Bonchev–Trinajstić information content (AvgIpc) is 2.81. The number of nitrogens with zero attached hydrogens (tertiary/aromatic N) is 4. The van der Waals surface area contributed by atoms with Crippen LogP contribution >= 0.6 is 0 Å². The van der Waals surface area contributed by atoms with Gasteiger partial charge in [-0.3, -0.25) is 14.8 Å². The summed E-state index contributed by atoms with van der Waals surface area (Å²) in [6.07, 6.45) is 2.50. The van der Waals surface area contributed by atoms with Crippen LogP contribution in [0.3, 0.4) is 0 Å². The quantitative estimate of drug-likeness (QED) is 0.506. The number of amides is 2. The van der Waals surface area contributed by atoms with E-state index in [1.165, 1.54) is 4.57 Å². The van der Waals surface area contributed by atoms with Crippen LogP contribution in [0.15, 0.2) is 41.3 Å². The summed E-state index contributed by atoms with van der Waals surface area (Å²) in [5.41, 5.74) is 7.45. The predicted octanol–water partition coefficient (Wildman–Crippen LogP) is -0.189. The van der Waals surface area contributed by atoms with Gasteiger partial charge in [0.2, 0.25) is 0 Å². The third-order valence-electron chi connectivity index (χ3n) is 6.17. The number of rotatable bonds is 5. The van der Waals surface area contributed by atoms with E-state index in [1.807, 2.05) is 24.3 Å². The van der Waals surface area contributed by atoms with Gasteiger partial charge in [0.15, 0.2) is 0 Å². The highest BCUT2D eigenvalue weighted by Crippen LogP contribution is 2.18. The van der Waals surface area contributed by atoms with Crippen LogP contribution in [0.5, 0.6) is 0 Å². The molecule has 2 aliphatic heterocycles. The van der Waals surface area contributed by atoms with Crippen molar-refractivity contribution in [3.05, 3.63) is 52.6 Å². The lowest BCUT2D eigenvalue weighted by atomic mass is 9.93. The minimum absolute atomic E-state index is 0.0580. The van der Waals surface area contributed by atoms with Gasteiger partial charge < -0.3 is 21.1 Å². The maximum atomic E-state index is 12.5. The highest BCUT2D eigenvalue weighted by Gasteiger charge is 2.26. The van der Waals surface area contributed by atoms with Crippen LogP contribution in [0.2, 0.25) is 0 Å². The van der Waals surface area contributed by atoms with Crippen LogP contribution in [-0.2, 0) is 6.54 Å². The lowest BCUT2D eigenvalue weighted by Crippen LogP contribution is -2.48. The molecule has 0 spiro atoms. The molecule has 2 aromatic rings. The fourth-order valence-electron chi connectivity index (χ4n) is 4.21. The molecule has 2 fully saturated rings. The fourth-order valence-corrected chi connectivity index (χ4v) is 4.21. The molecule has 32 heavy (non-hydrogen) atoms. The lowest BCUT2D eigenvalue weighted by molar-refractivity contribution is 0.0992. The Kier molecular flexibility index (Phi) is 7.15. The van der Waals surface area contributed by atoms with Crippen LogP contribution in [0.1, 0.15) is 12.0 Å². The summed E-state index contributed by atoms with van der Waals surface area (Å²) in [6, 6.07) is 9.19. The van der Waals surface area contributed by atoms with Crippen LogP contribution in [0.4, 0.5) is 10.6 Å². The second-order valence-corrected chi connectivity index (χ2v) is 8.43. The molecule has 0 aliphatic carbocycles. The van der Waals surface area contributed by atoms with Crippen molar-refractivity contribution in [3.63, 3.8) is 0 Å². The molecule has 10 heteroatoms. The van der Waals surface area contributed by atoms with Crippen molar-refractivity contribution < 1.29 is 9.90 Å². The number of aliphatic hydroxyl groups is 1. The molecule has 2 atom stereocenters. The first-order valence-electron chi connectivity index (χ1n) is 11.1. The van der Waals surface area contributed by atoms with Crippen LogP contribution < -0.4 is 22.1 Å². The number of hydrogen-bond acceptors (Lipinski definition) is 7. The number of hydrogen-bond donors (Lipinski definition) is 4. The van der Waals surface area contributed by atoms with E-state index in [4.69, 9.17) is 5.73 Å². The zero-order chi connectivity index (χ0) is 22.5. The van der Waals surface area contributed by atoms with Crippen LogP contribution in [0, 0.1) is 5.92 Å². The van der Waals surface area contributed by atoms with Gasteiger partial charge in [-0.1, -0.05) is 12.1 Å². The van der Waals surface area contributed by atoms with E-state index in [-0.39, 0.29) is 30.4 Å². The maximum Gasteiger partial charge on any atom is 0.354 e. The van der Waals surface area contributed by atoms with Crippen LogP contribution in [0.25, 0.3) is 5.69 Å². The Morgan fingerprint density at radius 1 is 1.19 bits per heavy atom. The number of piperidine rings is 1. The molecular formula is C22H31N7O3. The molecule has 5 N–H and O–H groups in total. The molecule has 0 saturated carbocycles. The zero-order valence-corrected chi connectivity index (χ0v) is 18.1. The number of urea groups is 1. The highest BCUT2D eigenvalue weighted by atomic mass is 16.3. The Morgan fingerprint density at radius 3 is 2.62 bits per heavy atom. The molecule has 0 radical (unpaired) electrons. The summed E-state index contributed by atoms with van der Waals surface area (Å²) in [5, 5.41) is 15.4. The summed E-state index contributed by atoms with van der Waals surface area (Å²) in [4.78, 5) is 32.8. The molecule has 0 bridgehead atoms. The van der Waals surface area contributed by atoms with Gasteiger partial charge in [-0.15, -0.1) is 0 Å². The standard InChI is InChI=1S/C22H31N7O3/c23-19-5-9-27(14-17(19)15-30)13-16-1-3-18(4-2-16)29-10-6-20(26-22(29)32)25-21(31)28-11-7-24-8-12-28/h1-4,6,10,17,19,24,30H,5,7-9,11-15,23H2,(H,25,26,31,32)/t17-,19-/m1/s1. The van der Waals surface area contributed by atoms with Crippen molar-refractivity contribution in [2.75, 3.05) is 51.2 Å². The van der Waals surface area contributed by atoms with Gasteiger partial charge in [0.1, 0.15) is 5.82 Å². The summed E-state index contributed by atoms with van der Waals surface area (Å²) >= 11 is 0. The first-order chi connectivity index (χ1) is 15.5. The second-order valence-electron chi connectivity index (χ2n) is 8.43. The number of carbonyl (C=O) groups excluding carboxylic acids is 1. The topological polar surface area (TPSA) is 129 Å². The third kappa shape index (κ3) is 5.33. The Hall–Kier alpha value is -2.79. The maximum absolute atomic E-state index is 12.5. The number of benzene rings is 1. The number of aromatic nitrogens is 2. The third-order valence-corrected chi connectivity index (χ3v) is 6.17. The van der Waals surface area contributed by atoms with Gasteiger partial charge in [-0.25, -0.2) is 9.59 Å². The van der Waals surface area contributed by atoms with Crippen molar-refractivity contribution >= 4 is 11.8 Å². The highest BCUT2D eigenvalue weighted by molar-refractivity contribution is 5.88. The van der Waals surface area contributed by atoms with E-state index >= 15 is 0 Å². The van der Waals surface area contributed by atoms with Crippen molar-refractivity contribution in [2.45, 2.75) is 19.0 Å². The smallest absolute Gasteiger partial charge is 0.354 e. The van der Waals surface area contributed by atoms with Gasteiger partial charge >= 0.3 is 11.7 Å². The van der Waals surface area contributed by atoms with Crippen molar-refractivity contribution in [1.82, 2.24) is 24.7 Å². The molecule has 2 saturated heterocycles. The summed E-state index contributed by atoms with van der Waals surface area (Å²) in [7, 11) is 0. The lowest BCUT2D eigenvalue weighted by Gasteiger charge is -2.36. The zero-order valence-electron chi connectivity index (χ0n) is 18.1. The van der Waals surface area contributed by atoms with E-state index in [9.17, 15) is 14.7 Å². The minimum Gasteiger partial charge on any atom is -0.396 e. The van der Waals surface area contributed by atoms with Gasteiger partial charge in [-0.05, 0) is 36.7 Å². The second kappa shape index (κ2) is 10.2. The molecule has 1 aromatic heterocycles. The van der Waals surface area contributed by atoms with Gasteiger partial charge in [0.25, 0.3) is 0 Å². The molecule has 10 nitrogen and oxygen atoms in total. The Labute approximate surface area is 187 Å². The molecule has 2 aliphatic rings. The SMILES string of the molecule is N[C@@H]1CCN(Cc2ccc(-n3ccc(NC(=O)N4CCNCC4)nc3=O)cc2)C[C@@H]1CO. The fraction of sp³-hybridized carbons (Fsp3) is 0.500. The number of nitrogens with one attached hydrogen (secondary N) is 2. The van der Waals surface area contributed by atoms with E-state index in [2.05, 4.69) is 20.5 Å². The number of anilines is 1. The number of aliphatic hydroxyl groups excluding tert-OH is 1. The Balaban J connectivity index is 1.38. The number of carbonyl (C=O) groups is 1. The van der Waals surface area contributed by atoms with E-state index < -0.39 is 5.69 Å². The molecule has 0 unspecified atom stereocenters. The van der Waals surface area contributed by atoms with E-state index in [1.54, 1.807) is 17.2 Å². The Bertz CT molecular complexity index is 972. The molecular weight excluding hydrogens is 410 g/mol. The van der Waals surface area contributed by atoms with Gasteiger partial charge in [0.05, 0.1) is 5.69 Å². The van der Waals surface area contributed by atoms with E-state index in [0.717, 1.165) is 44.7 Å². The monoisotopic (exact) mass is 441 g/mol. The minimum atomic E-state index is -0.452. The molecule has 4 rings (SSSR count). The number of nitrogens with two attached hydrogens (primary N) is 1. The summed E-state index contributed by atoms with van der Waals surface area (Å²) in [6.45, 7) is 5.33. The number of piperazine rings is 1. The first kappa shape index (κ1) is 22.4. The normalized spacial score (nSPS) is 22.0. The van der Waals surface area contributed by atoms with Crippen molar-refractivity contribution in [2.24, 2.45) is 11.7 Å². The predicted molar refractivity (Wildman–Crippen MR) is 122 cm³/mol. The Morgan fingerprint density at radius 2 is 1.94 bits per heavy atom. The average molecular weight is 442 g/mol. The molecule has 1 aromatic carbocycles. The summed E-state index contributed by atoms with van der Waals surface area (Å²) in [5.74, 6) is 0.353. The first-order valence-corrected chi connectivity index (χ1v) is 11.1. The molecule has 2 amide bonds. The van der Waals surface area contributed by atoms with Crippen molar-refractivity contribution in [3.8, 4) is 5.69 Å². The van der Waals surface area contributed by atoms with Gasteiger partial charge in [0, 0.05) is 64.0 Å². The summed E-state index contributed by atoms with van der Waals surface area (Å²) < 4.78 is 1.45. The molecule has 3 heterocycles. The largest absolute Gasteiger partial charge is 0.396 e. The molecule has 172 valence electrons. The van der Waals surface area contributed by atoms with E-state index in [0.29, 0.717) is 18.8 Å². The van der Waals surface area contributed by atoms with Crippen molar-refractivity contribution in [1.29, 1.82) is 0 Å². The van der Waals surface area contributed by atoms with Crippen LogP contribution in [-0.4, -0.2) is 82.4 Å².